The van der Waals surface area contributed by atoms with E-state index in [4.69, 9.17) is 4.74 Å². The van der Waals surface area contributed by atoms with E-state index in [0.29, 0.717) is 11.9 Å². The van der Waals surface area contributed by atoms with E-state index in [1.165, 1.54) is 0 Å². The van der Waals surface area contributed by atoms with Gasteiger partial charge in [-0.25, -0.2) is 0 Å². The third-order valence-corrected chi connectivity index (χ3v) is 2.35. The third kappa shape index (κ3) is 3.86. The van der Waals surface area contributed by atoms with Crippen molar-refractivity contribution in [2.24, 2.45) is 0 Å². The summed E-state index contributed by atoms with van der Waals surface area (Å²) in [6.45, 7) is 0. The van der Waals surface area contributed by atoms with Crippen molar-refractivity contribution in [3.8, 4) is 5.75 Å². The fourth-order valence-corrected chi connectivity index (χ4v) is 1.47. The monoisotopic (exact) mass is 284 g/mol. The molecule has 1 heterocycles. The lowest BCUT2D eigenvalue weighted by atomic mass is 10.2. The zero-order chi connectivity index (χ0) is 14.6. The molecule has 1 unspecified atom stereocenters. The van der Waals surface area contributed by atoms with Gasteiger partial charge in [0, 0.05) is 6.20 Å². The molecule has 2 aromatic rings. The maximum Gasteiger partial charge on any atom is 0.417 e. The van der Waals surface area contributed by atoms with Gasteiger partial charge >= 0.3 is 6.18 Å². The molecule has 0 aliphatic heterocycles. The number of nitrogens with one attached hydrogen (secondary N) is 1. The van der Waals surface area contributed by atoms with Crippen LogP contribution >= 0.6 is 0 Å². The van der Waals surface area contributed by atoms with Crippen LogP contribution in [0, 0.1) is 0 Å². The summed E-state index contributed by atoms with van der Waals surface area (Å²) in [4.78, 5) is 3.46. The second-order valence-corrected chi connectivity index (χ2v) is 3.89. The van der Waals surface area contributed by atoms with Gasteiger partial charge in [-0.05, 0) is 18.2 Å². The van der Waals surface area contributed by atoms with Gasteiger partial charge in [0.15, 0.2) is 0 Å². The molecule has 20 heavy (non-hydrogen) atoms. The lowest BCUT2D eigenvalue weighted by Crippen LogP contribution is -2.25. The first-order valence-corrected chi connectivity index (χ1v) is 5.64. The Morgan fingerprint density at radius 3 is 2.50 bits per heavy atom. The number of halogens is 3. The van der Waals surface area contributed by atoms with Gasteiger partial charge < -0.3 is 15.2 Å². The summed E-state index contributed by atoms with van der Waals surface area (Å²) >= 11 is 0. The topological polar surface area (TPSA) is 54.4 Å². The molecule has 0 amide bonds. The zero-order valence-electron chi connectivity index (χ0n) is 10.1. The molecule has 0 radical (unpaired) electrons. The van der Waals surface area contributed by atoms with Gasteiger partial charge in [0.05, 0.1) is 17.4 Å². The van der Waals surface area contributed by atoms with Gasteiger partial charge in [0.25, 0.3) is 6.41 Å². The summed E-state index contributed by atoms with van der Waals surface area (Å²) in [6, 6.07) is 9.22. The molecule has 0 bridgehead atoms. The quantitative estimate of drug-likeness (QED) is 0.848. The minimum Gasteiger partial charge on any atom is -0.447 e. The number of ether oxygens (including phenoxy) is 1. The summed E-state index contributed by atoms with van der Waals surface area (Å²) in [7, 11) is 0. The number of anilines is 1. The Hall–Kier alpha value is -2.28. The predicted octanol–water partition coefficient (Wildman–Crippen LogP) is 2.87. The van der Waals surface area contributed by atoms with Crippen LogP contribution in [0.3, 0.4) is 0 Å². The minimum atomic E-state index is -4.49. The van der Waals surface area contributed by atoms with Crippen LogP contribution in [0.1, 0.15) is 5.56 Å². The lowest BCUT2D eigenvalue weighted by molar-refractivity contribution is -0.137. The first-order valence-electron chi connectivity index (χ1n) is 5.64. The first-order chi connectivity index (χ1) is 9.45. The summed E-state index contributed by atoms with van der Waals surface area (Å²) in [5.74, 6) is 0.382. The normalized spacial score (nSPS) is 12.8. The Balaban J connectivity index is 2.03. The number of benzene rings is 1. The first kappa shape index (κ1) is 14.1. The predicted molar refractivity (Wildman–Crippen MR) is 65.9 cm³/mol. The summed E-state index contributed by atoms with van der Waals surface area (Å²) in [5.41, 5.74) is -0.905. The van der Waals surface area contributed by atoms with E-state index in [-0.39, 0.29) is 5.69 Å². The number of rotatable bonds is 4. The maximum atomic E-state index is 12.5. The van der Waals surface area contributed by atoms with Gasteiger partial charge in [-0.3, -0.25) is 4.98 Å². The molecular weight excluding hydrogens is 273 g/mol. The third-order valence-electron chi connectivity index (χ3n) is 2.35. The molecule has 2 N–H and O–H groups in total. The number of pyridine rings is 1. The number of aromatic nitrogens is 1. The molecule has 0 fully saturated rings. The van der Waals surface area contributed by atoms with E-state index in [1.54, 1.807) is 30.3 Å². The van der Waals surface area contributed by atoms with Crippen molar-refractivity contribution < 1.29 is 23.0 Å². The van der Waals surface area contributed by atoms with Crippen LogP contribution in [0.25, 0.3) is 0 Å². The molecule has 0 spiro atoms. The highest BCUT2D eigenvalue weighted by atomic mass is 19.4. The van der Waals surface area contributed by atoms with Crippen molar-refractivity contribution in [3.05, 3.63) is 54.4 Å². The number of para-hydroxylation sites is 1. The highest BCUT2D eigenvalue weighted by Gasteiger charge is 2.31. The van der Waals surface area contributed by atoms with E-state index in [2.05, 4.69) is 10.3 Å². The summed E-state index contributed by atoms with van der Waals surface area (Å²) < 4.78 is 42.6. The van der Waals surface area contributed by atoms with E-state index in [0.717, 1.165) is 12.3 Å². The number of aliphatic hydroxyl groups is 1. The summed E-state index contributed by atoms with van der Waals surface area (Å²) in [6.07, 6.45) is -4.11. The Morgan fingerprint density at radius 2 is 1.85 bits per heavy atom. The van der Waals surface area contributed by atoms with Crippen LogP contribution < -0.4 is 10.1 Å². The van der Waals surface area contributed by atoms with Gasteiger partial charge in [-0.15, -0.1) is 0 Å². The molecule has 106 valence electrons. The van der Waals surface area contributed by atoms with Gasteiger partial charge in [-0.1, -0.05) is 18.2 Å². The highest BCUT2D eigenvalue weighted by molar-refractivity contribution is 5.43. The van der Waals surface area contributed by atoms with Crippen LogP contribution in [0.5, 0.6) is 5.75 Å². The van der Waals surface area contributed by atoms with E-state index < -0.39 is 18.2 Å². The molecule has 7 heteroatoms. The molecule has 1 atom stereocenters. The Morgan fingerprint density at radius 1 is 1.15 bits per heavy atom. The van der Waals surface area contributed by atoms with E-state index in [9.17, 15) is 18.3 Å². The van der Waals surface area contributed by atoms with Crippen LogP contribution in [0.4, 0.5) is 18.9 Å². The molecular formula is C13H11F3N2O2. The number of hydrogen-bond donors (Lipinski definition) is 2. The van der Waals surface area contributed by atoms with Crippen molar-refractivity contribution in [1.29, 1.82) is 0 Å². The minimum absolute atomic E-state index is 0.00301. The average molecular weight is 284 g/mol. The average Bonchev–Trinajstić information content (AvgIpc) is 2.39. The zero-order valence-corrected chi connectivity index (χ0v) is 10.1. The molecule has 0 aliphatic rings. The molecule has 4 nitrogen and oxygen atoms in total. The van der Waals surface area contributed by atoms with Gasteiger partial charge in [0.2, 0.25) is 0 Å². The molecule has 0 saturated heterocycles. The lowest BCUT2D eigenvalue weighted by Gasteiger charge is -2.16. The largest absolute Gasteiger partial charge is 0.447 e. The standard InChI is InChI=1S/C13H11F3N2O2/c14-13(15,16)9-6-10(8-17-7-9)18-12(19)20-11-4-2-1-3-5-11/h1-8,12,18-19H. The van der Waals surface area contributed by atoms with Crippen molar-refractivity contribution in [3.63, 3.8) is 0 Å². The summed E-state index contributed by atoms with van der Waals surface area (Å²) in [5, 5.41) is 12.0. The SMILES string of the molecule is OC(Nc1cncc(C(F)(F)F)c1)Oc1ccccc1. The highest BCUT2D eigenvalue weighted by Crippen LogP contribution is 2.30. The number of nitrogens with zero attached hydrogens (tertiary/aromatic N) is 1. The van der Waals surface area contributed by atoms with Gasteiger partial charge in [-0.2, -0.15) is 13.2 Å². The van der Waals surface area contributed by atoms with Crippen molar-refractivity contribution >= 4 is 5.69 Å². The Labute approximate surface area is 112 Å². The van der Waals surface area contributed by atoms with E-state index >= 15 is 0 Å². The Bertz CT molecular complexity index is 561. The second kappa shape index (κ2) is 5.79. The fraction of sp³-hybridized carbons (Fsp3) is 0.154. The van der Waals surface area contributed by atoms with Crippen molar-refractivity contribution in [1.82, 2.24) is 4.98 Å². The molecule has 1 aromatic heterocycles. The number of hydrogen-bond acceptors (Lipinski definition) is 4. The van der Waals surface area contributed by atoms with Crippen molar-refractivity contribution in [2.75, 3.05) is 5.32 Å². The maximum absolute atomic E-state index is 12.5. The van der Waals surface area contributed by atoms with Crippen LogP contribution in [-0.2, 0) is 6.18 Å². The Kier molecular flexibility index (Phi) is 4.09. The van der Waals surface area contributed by atoms with Crippen LogP contribution in [0.2, 0.25) is 0 Å². The molecule has 0 aliphatic carbocycles. The van der Waals surface area contributed by atoms with Gasteiger partial charge in [0.1, 0.15) is 5.75 Å². The number of alkyl halides is 3. The van der Waals surface area contributed by atoms with Crippen molar-refractivity contribution in [2.45, 2.75) is 12.6 Å². The molecule has 0 saturated carbocycles. The van der Waals surface area contributed by atoms with E-state index in [1.807, 2.05) is 0 Å². The van der Waals surface area contributed by atoms with Crippen LogP contribution in [-0.4, -0.2) is 16.5 Å². The van der Waals surface area contributed by atoms with Crippen LogP contribution in [0.15, 0.2) is 48.8 Å². The second-order valence-electron chi connectivity index (χ2n) is 3.89. The number of aliphatic hydroxyl groups excluding tert-OH is 1. The fourth-order valence-electron chi connectivity index (χ4n) is 1.47. The smallest absolute Gasteiger partial charge is 0.417 e. The molecule has 1 aromatic carbocycles. The molecule has 2 rings (SSSR count).